The van der Waals surface area contributed by atoms with Crippen LogP contribution in [0.5, 0.6) is 5.75 Å². The van der Waals surface area contributed by atoms with E-state index in [1.54, 1.807) is 7.11 Å². The molecule has 1 aromatic carbocycles. The van der Waals surface area contributed by atoms with Crippen LogP contribution in [0.2, 0.25) is 0 Å². The van der Waals surface area contributed by atoms with E-state index in [9.17, 15) is 4.79 Å². The lowest BCUT2D eigenvalue weighted by Gasteiger charge is -2.14. The Kier molecular flexibility index (Phi) is 7.39. The van der Waals surface area contributed by atoms with Crippen molar-refractivity contribution in [3.8, 4) is 5.75 Å². The van der Waals surface area contributed by atoms with Crippen LogP contribution >= 0.6 is 12.4 Å². The molecule has 0 bridgehead atoms. The van der Waals surface area contributed by atoms with Crippen LogP contribution in [0.3, 0.4) is 0 Å². The third kappa shape index (κ3) is 4.55. The number of benzene rings is 1. The van der Waals surface area contributed by atoms with Gasteiger partial charge in [-0.25, -0.2) is 0 Å². The number of carbonyl (C=O) groups is 1. The number of nitrogens with two attached hydrogens (primary N) is 1. The molecule has 0 radical (unpaired) electrons. The van der Waals surface area contributed by atoms with E-state index in [-0.39, 0.29) is 18.3 Å². The first-order valence-electron chi connectivity index (χ1n) is 5.79. The molecule has 0 aliphatic rings. The standard InChI is InChI=1S/C13H20N2O2.ClH/c1-4-5-10(14)13(16)15-11-8-9(2)6-7-12(11)17-3;/h6-8,10H,4-5,14H2,1-3H3,(H,15,16);1H. The Labute approximate surface area is 114 Å². The number of aryl methyl sites for hydroxylation is 1. The highest BCUT2D eigenvalue weighted by molar-refractivity contribution is 5.96. The number of amides is 1. The van der Waals surface area contributed by atoms with Gasteiger partial charge in [-0.3, -0.25) is 4.79 Å². The highest BCUT2D eigenvalue weighted by Gasteiger charge is 2.14. The maximum atomic E-state index is 11.8. The zero-order valence-electron chi connectivity index (χ0n) is 11.0. The van der Waals surface area contributed by atoms with Gasteiger partial charge in [0, 0.05) is 0 Å². The van der Waals surface area contributed by atoms with Crippen molar-refractivity contribution in [3.63, 3.8) is 0 Å². The molecular weight excluding hydrogens is 252 g/mol. The van der Waals surface area contributed by atoms with Gasteiger partial charge in [0.25, 0.3) is 0 Å². The fourth-order valence-corrected chi connectivity index (χ4v) is 1.59. The monoisotopic (exact) mass is 272 g/mol. The average molecular weight is 273 g/mol. The summed E-state index contributed by atoms with van der Waals surface area (Å²) in [5.41, 5.74) is 7.48. The predicted octanol–water partition coefficient (Wildman–Crippen LogP) is 2.49. The maximum absolute atomic E-state index is 11.8. The van der Waals surface area contributed by atoms with Crippen LogP contribution in [0.4, 0.5) is 5.69 Å². The molecule has 1 aromatic rings. The summed E-state index contributed by atoms with van der Waals surface area (Å²) < 4.78 is 5.19. The second kappa shape index (κ2) is 7.95. The molecule has 1 amide bonds. The lowest BCUT2D eigenvalue weighted by atomic mass is 10.1. The lowest BCUT2D eigenvalue weighted by molar-refractivity contribution is -0.117. The molecule has 3 N–H and O–H groups in total. The van der Waals surface area contributed by atoms with Crippen LogP contribution in [0.25, 0.3) is 0 Å². The molecule has 0 aromatic heterocycles. The van der Waals surface area contributed by atoms with E-state index in [1.807, 2.05) is 32.0 Å². The number of ether oxygens (including phenoxy) is 1. The minimum absolute atomic E-state index is 0. The summed E-state index contributed by atoms with van der Waals surface area (Å²) in [6, 6.07) is 5.16. The fraction of sp³-hybridized carbons (Fsp3) is 0.462. The number of hydrogen-bond donors (Lipinski definition) is 2. The Morgan fingerprint density at radius 1 is 1.50 bits per heavy atom. The SMILES string of the molecule is CCCC(N)C(=O)Nc1cc(C)ccc1OC.Cl. The van der Waals surface area contributed by atoms with Gasteiger partial charge in [-0.1, -0.05) is 19.4 Å². The predicted molar refractivity (Wildman–Crippen MR) is 76.5 cm³/mol. The molecule has 4 nitrogen and oxygen atoms in total. The summed E-state index contributed by atoms with van der Waals surface area (Å²) in [5.74, 6) is 0.475. The molecule has 102 valence electrons. The van der Waals surface area contributed by atoms with Gasteiger partial charge in [0.05, 0.1) is 18.8 Å². The third-order valence-corrected chi connectivity index (χ3v) is 2.55. The molecule has 1 rings (SSSR count). The Bertz CT molecular complexity index is 397. The van der Waals surface area contributed by atoms with E-state index in [4.69, 9.17) is 10.5 Å². The summed E-state index contributed by atoms with van der Waals surface area (Å²) in [4.78, 5) is 11.8. The molecule has 0 saturated heterocycles. The van der Waals surface area contributed by atoms with Crippen molar-refractivity contribution < 1.29 is 9.53 Å². The van der Waals surface area contributed by atoms with E-state index >= 15 is 0 Å². The summed E-state index contributed by atoms with van der Waals surface area (Å²) in [7, 11) is 1.58. The van der Waals surface area contributed by atoms with Crippen LogP contribution in [0.1, 0.15) is 25.3 Å². The Balaban J connectivity index is 0.00000289. The molecule has 0 spiro atoms. The van der Waals surface area contributed by atoms with Gasteiger partial charge in [0.2, 0.25) is 5.91 Å². The van der Waals surface area contributed by atoms with Crippen molar-refractivity contribution in [3.05, 3.63) is 23.8 Å². The van der Waals surface area contributed by atoms with Crippen LogP contribution < -0.4 is 15.8 Å². The van der Waals surface area contributed by atoms with Crippen molar-refractivity contribution in [2.24, 2.45) is 5.73 Å². The summed E-state index contributed by atoms with van der Waals surface area (Å²) in [6.07, 6.45) is 1.57. The van der Waals surface area contributed by atoms with Gasteiger partial charge in [-0.15, -0.1) is 12.4 Å². The fourth-order valence-electron chi connectivity index (χ4n) is 1.59. The molecule has 0 heterocycles. The molecule has 0 fully saturated rings. The molecule has 1 unspecified atom stereocenters. The minimum atomic E-state index is -0.467. The Morgan fingerprint density at radius 3 is 2.72 bits per heavy atom. The smallest absolute Gasteiger partial charge is 0.241 e. The van der Waals surface area contributed by atoms with E-state index < -0.39 is 6.04 Å². The van der Waals surface area contributed by atoms with Crippen molar-refractivity contribution in [2.75, 3.05) is 12.4 Å². The second-order valence-corrected chi connectivity index (χ2v) is 4.09. The number of anilines is 1. The molecule has 1 atom stereocenters. The van der Waals surface area contributed by atoms with E-state index in [1.165, 1.54) is 0 Å². The summed E-state index contributed by atoms with van der Waals surface area (Å²) in [5, 5.41) is 2.80. The number of rotatable bonds is 5. The Morgan fingerprint density at radius 2 is 2.17 bits per heavy atom. The largest absolute Gasteiger partial charge is 0.495 e. The van der Waals surface area contributed by atoms with E-state index in [2.05, 4.69) is 5.32 Å². The van der Waals surface area contributed by atoms with Crippen molar-refractivity contribution >= 4 is 24.0 Å². The van der Waals surface area contributed by atoms with Gasteiger partial charge in [0.1, 0.15) is 5.75 Å². The summed E-state index contributed by atoms with van der Waals surface area (Å²) >= 11 is 0. The molecule has 18 heavy (non-hydrogen) atoms. The number of halogens is 1. The highest BCUT2D eigenvalue weighted by atomic mass is 35.5. The third-order valence-electron chi connectivity index (χ3n) is 2.55. The van der Waals surface area contributed by atoms with E-state index in [0.29, 0.717) is 17.9 Å². The normalized spacial score (nSPS) is 11.3. The Hall–Kier alpha value is -1.26. The van der Waals surface area contributed by atoms with Crippen LogP contribution in [-0.2, 0) is 4.79 Å². The van der Waals surface area contributed by atoms with Crippen molar-refractivity contribution in [2.45, 2.75) is 32.7 Å². The first-order valence-corrected chi connectivity index (χ1v) is 5.79. The van der Waals surface area contributed by atoms with Crippen molar-refractivity contribution in [1.82, 2.24) is 0 Å². The molecule has 0 saturated carbocycles. The minimum Gasteiger partial charge on any atom is -0.495 e. The van der Waals surface area contributed by atoms with Gasteiger partial charge in [-0.2, -0.15) is 0 Å². The van der Waals surface area contributed by atoms with Crippen LogP contribution in [-0.4, -0.2) is 19.1 Å². The average Bonchev–Trinajstić information content (AvgIpc) is 2.29. The van der Waals surface area contributed by atoms with Gasteiger partial charge >= 0.3 is 0 Å². The van der Waals surface area contributed by atoms with Gasteiger partial charge in [-0.05, 0) is 31.0 Å². The summed E-state index contributed by atoms with van der Waals surface area (Å²) in [6.45, 7) is 3.96. The van der Waals surface area contributed by atoms with Crippen LogP contribution in [0, 0.1) is 6.92 Å². The first kappa shape index (κ1) is 16.7. The van der Waals surface area contributed by atoms with E-state index in [0.717, 1.165) is 12.0 Å². The number of nitrogens with one attached hydrogen (secondary N) is 1. The van der Waals surface area contributed by atoms with Gasteiger partial charge in [0.15, 0.2) is 0 Å². The number of carbonyl (C=O) groups excluding carboxylic acids is 1. The molecule has 5 heteroatoms. The molecular formula is C13H21ClN2O2. The van der Waals surface area contributed by atoms with Gasteiger partial charge < -0.3 is 15.8 Å². The first-order chi connectivity index (χ1) is 8.08. The topological polar surface area (TPSA) is 64.4 Å². The quantitative estimate of drug-likeness (QED) is 0.866. The zero-order valence-corrected chi connectivity index (χ0v) is 11.8. The molecule has 0 aliphatic carbocycles. The highest BCUT2D eigenvalue weighted by Crippen LogP contribution is 2.25. The molecule has 0 aliphatic heterocycles. The van der Waals surface area contributed by atoms with Crippen LogP contribution in [0.15, 0.2) is 18.2 Å². The number of methoxy groups -OCH3 is 1. The zero-order chi connectivity index (χ0) is 12.8. The van der Waals surface area contributed by atoms with Crippen molar-refractivity contribution in [1.29, 1.82) is 0 Å². The lowest BCUT2D eigenvalue weighted by Crippen LogP contribution is -2.35. The number of hydrogen-bond acceptors (Lipinski definition) is 3. The maximum Gasteiger partial charge on any atom is 0.241 e. The second-order valence-electron chi connectivity index (χ2n) is 4.09.